The molecule has 0 fully saturated rings. The summed E-state index contributed by atoms with van der Waals surface area (Å²) in [4.78, 5) is 15.8. The highest BCUT2D eigenvalue weighted by Crippen LogP contribution is 2.30. The third-order valence-corrected chi connectivity index (χ3v) is 2.98. The average Bonchev–Trinajstić information content (AvgIpc) is 2.47. The molecule has 0 radical (unpaired) electrons. The van der Waals surface area contributed by atoms with E-state index in [9.17, 15) is 18.0 Å². The van der Waals surface area contributed by atoms with Gasteiger partial charge in [0, 0.05) is 18.1 Å². The highest BCUT2D eigenvalue weighted by Gasteiger charge is 2.30. The molecule has 0 saturated heterocycles. The molecule has 2 amide bonds. The summed E-state index contributed by atoms with van der Waals surface area (Å²) in [7, 11) is 0. The van der Waals surface area contributed by atoms with Gasteiger partial charge in [-0.3, -0.25) is 4.98 Å². The topological polar surface area (TPSA) is 54.0 Å². The summed E-state index contributed by atoms with van der Waals surface area (Å²) < 4.78 is 37.8. The Labute approximate surface area is 125 Å². The monoisotopic (exact) mass is 309 g/mol. The number of anilines is 1. The van der Waals surface area contributed by atoms with Crippen molar-refractivity contribution in [3.05, 3.63) is 59.9 Å². The fourth-order valence-electron chi connectivity index (χ4n) is 1.85. The molecule has 116 valence electrons. The zero-order chi connectivity index (χ0) is 16.2. The van der Waals surface area contributed by atoms with Crippen LogP contribution in [-0.2, 0) is 6.18 Å². The van der Waals surface area contributed by atoms with Gasteiger partial charge in [-0.2, -0.15) is 13.2 Å². The van der Waals surface area contributed by atoms with Crippen molar-refractivity contribution < 1.29 is 18.0 Å². The molecule has 1 aromatic carbocycles. The molecular weight excluding hydrogens is 295 g/mol. The van der Waals surface area contributed by atoms with Crippen LogP contribution in [0.5, 0.6) is 0 Å². The smallest absolute Gasteiger partial charge is 0.331 e. The van der Waals surface area contributed by atoms with E-state index in [1.807, 2.05) is 0 Å². The Balaban J connectivity index is 2.01. The van der Waals surface area contributed by atoms with E-state index >= 15 is 0 Å². The molecule has 0 unspecified atom stereocenters. The highest BCUT2D eigenvalue weighted by atomic mass is 19.4. The van der Waals surface area contributed by atoms with Crippen molar-refractivity contribution in [2.75, 3.05) is 5.32 Å². The highest BCUT2D eigenvalue weighted by molar-refractivity contribution is 5.89. The Morgan fingerprint density at radius 2 is 2.00 bits per heavy atom. The third kappa shape index (κ3) is 4.21. The molecule has 1 aromatic heterocycles. The first kappa shape index (κ1) is 15.8. The summed E-state index contributed by atoms with van der Waals surface area (Å²) in [5.74, 6) is 0. The number of hydrogen-bond donors (Lipinski definition) is 2. The van der Waals surface area contributed by atoms with Crippen molar-refractivity contribution >= 4 is 11.7 Å². The molecule has 4 nitrogen and oxygen atoms in total. The van der Waals surface area contributed by atoms with E-state index in [-0.39, 0.29) is 11.7 Å². The van der Waals surface area contributed by atoms with Crippen molar-refractivity contribution in [2.24, 2.45) is 0 Å². The number of nitrogens with zero attached hydrogens (tertiary/aromatic N) is 1. The van der Waals surface area contributed by atoms with E-state index in [0.717, 1.165) is 17.7 Å². The molecule has 0 aliphatic heterocycles. The number of carbonyl (C=O) groups excluding carboxylic acids is 1. The molecule has 22 heavy (non-hydrogen) atoms. The first-order valence-corrected chi connectivity index (χ1v) is 6.51. The molecule has 0 spiro atoms. The Morgan fingerprint density at radius 3 is 2.64 bits per heavy atom. The lowest BCUT2D eigenvalue weighted by Crippen LogP contribution is -2.31. The number of alkyl halides is 3. The van der Waals surface area contributed by atoms with Crippen LogP contribution in [0.4, 0.5) is 23.7 Å². The molecule has 2 N–H and O–H groups in total. The Bertz CT molecular complexity index is 644. The van der Waals surface area contributed by atoms with Gasteiger partial charge in [0.2, 0.25) is 0 Å². The van der Waals surface area contributed by atoms with Crippen LogP contribution in [0.3, 0.4) is 0 Å². The van der Waals surface area contributed by atoms with Gasteiger partial charge in [-0.1, -0.05) is 12.1 Å². The Hall–Kier alpha value is -2.57. The maximum atomic E-state index is 12.6. The number of urea groups is 1. The molecule has 0 aliphatic carbocycles. The number of aromatic nitrogens is 1. The standard InChI is InChI=1S/C15H14F3N3O/c1-10(11-4-3-7-19-9-11)20-14(22)21-13-6-2-5-12(8-13)15(16,17)18/h2-10H,1H3,(H2,20,21,22)/t10-/m1/s1. The van der Waals surface area contributed by atoms with Crippen LogP contribution in [-0.4, -0.2) is 11.0 Å². The van der Waals surface area contributed by atoms with Crippen molar-refractivity contribution in [3.8, 4) is 0 Å². The second-order valence-corrected chi connectivity index (χ2v) is 4.69. The molecule has 1 atom stereocenters. The van der Waals surface area contributed by atoms with Gasteiger partial charge in [0.15, 0.2) is 0 Å². The lowest BCUT2D eigenvalue weighted by atomic mass is 10.1. The third-order valence-electron chi connectivity index (χ3n) is 2.98. The van der Waals surface area contributed by atoms with Crippen LogP contribution in [0.15, 0.2) is 48.8 Å². The van der Waals surface area contributed by atoms with Crippen LogP contribution in [0, 0.1) is 0 Å². The number of pyridine rings is 1. The number of nitrogens with one attached hydrogen (secondary N) is 2. The van der Waals surface area contributed by atoms with Crippen LogP contribution >= 0.6 is 0 Å². The van der Waals surface area contributed by atoms with E-state index in [4.69, 9.17) is 0 Å². The average molecular weight is 309 g/mol. The fourth-order valence-corrected chi connectivity index (χ4v) is 1.85. The van der Waals surface area contributed by atoms with Gasteiger partial charge in [-0.25, -0.2) is 4.79 Å². The lowest BCUT2D eigenvalue weighted by molar-refractivity contribution is -0.137. The SMILES string of the molecule is C[C@@H](NC(=O)Nc1cccc(C(F)(F)F)c1)c1cccnc1. The number of hydrogen-bond acceptors (Lipinski definition) is 2. The largest absolute Gasteiger partial charge is 0.416 e. The van der Waals surface area contributed by atoms with Crippen molar-refractivity contribution in [1.82, 2.24) is 10.3 Å². The molecule has 2 aromatic rings. The van der Waals surface area contributed by atoms with Crippen molar-refractivity contribution in [3.63, 3.8) is 0 Å². The summed E-state index contributed by atoms with van der Waals surface area (Å²) in [5.41, 5.74) is 0.0537. The molecule has 0 aliphatic rings. The Kier molecular flexibility index (Phi) is 4.65. The van der Waals surface area contributed by atoms with Crippen molar-refractivity contribution in [1.29, 1.82) is 0 Å². The second-order valence-electron chi connectivity index (χ2n) is 4.69. The number of rotatable bonds is 3. The minimum atomic E-state index is -4.45. The second kappa shape index (κ2) is 6.46. The summed E-state index contributed by atoms with van der Waals surface area (Å²) in [5, 5.41) is 5.02. The normalized spacial score (nSPS) is 12.5. The molecule has 2 rings (SSSR count). The zero-order valence-corrected chi connectivity index (χ0v) is 11.7. The molecule has 0 bridgehead atoms. The van der Waals surface area contributed by atoms with E-state index in [0.29, 0.717) is 0 Å². The van der Waals surface area contributed by atoms with Crippen LogP contribution in [0.25, 0.3) is 0 Å². The number of benzene rings is 1. The molecule has 1 heterocycles. The minimum Gasteiger partial charge on any atom is -0.331 e. The fraction of sp³-hybridized carbons (Fsp3) is 0.200. The van der Waals surface area contributed by atoms with Gasteiger partial charge >= 0.3 is 12.2 Å². The van der Waals surface area contributed by atoms with E-state index in [1.54, 1.807) is 31.5 Å². The van der Waals surface area contributed by atoms with Gasteiger partial charge in [0.1, 0.15) is 0 Å². The van der Waals surface area contributed by atoms with Gasteiger partial charge in [-0.15, -0.1) is 0 Å². The first-order chi connectivity index (χ1) is 10.4. The zero-order valence-electron chi connectivity index (χ0n) is 11.7. The number of carbonyl (C=O) groups is 1. The van der Waals surface area contributed by atoms with Gasteiger partial charge < -0.3 is 10.6 Å². The summed E-state index contributed by atoms with van der Waals surface area (Å²) in [6.45, 7) is 1.75. The minimum absolute atomic E-state index is 0.0747. The summed E-state index contributed by atoms with van der Waals surface area (Å²) in [6, 6.07) is 7.08. The molecule has 0 saturated carbocycles. The first-order valence-electron chi connectivity index (χ1n) is 6.51. The number of halogens is 3. The summed E-state index contributed by atoms with van der Waals surface area (Å²) >= 11 is 0. The van der Waals surface area contributed by atoms with E-state index in [1.165, 1.54) is 12.1 Å². The van der Waals surface area contributed by atoms with Gasteiger partial charge in [0.05, 0.1) is 11.6 Å². The molecule has 7 heteroatoms. The maximum absolute atomic E-state index is 12.6. The van der Waals surface area contributed by atoms with E-state index in [2.05, 4.69) is 15.6 Å². The van der Waals surface area contributed by atoms with Crippen molar-refractivity contribution in [2.45, 2.75) is 19.1 Å². The van der Waals surface area contributed by atoms with Crippen LogP contribution in [0.2, 0.25) is 0 Å². The predicted molar refractivity (Wildman–Crippen MR) is 76.3 cm³/mol. The van der Waals surface area contributed by atoms with Gasteiger partial charge in [-0.05, 0) is 36.8 Å². The molecular formula is C15H14F3N3O. The lowest BCUT2D eigenvalue weighted by Gasteiger charge is -2.15. The number of amides is 2. The van der Waals surface area contributed by atoms with Gasteiger partial charge in [0.25, 0.3) is 0 Å². The predicted octanol–water partition coefficient (Wildman–Crippen LogP) is 3.98. The van der Waals surface area contributed by atoms with E-state index < -0.39 is 17.8 Å². The maximum Gasteiger partial charge on any atom is 0.416 e. The van der Waals surface area contributed by atoms with Crippen LogP contribution < -0.4 is 10.6 Å². The Morgan fingerprint density at radius 1 is 1.23 bits per heavy atom. The van der Waals surface area contributed by atoms with Crippen LogP contribution in [0.1, 0.15) is 24.1 Å². The quantitative estimate of drug-likeness (QED) is 0.901. The summed E-state index contributed by atoms with van der Waals surface area (Å²) in [6.07, 6.45) is -1.23.